The maximum absolute atomic E-state index is 10.6. The van der Waals surface area contributed by atoms with Crippen molar-refractivity contribution in [3.05, 3.63) is 18.2 Å². The number of carboxylic acids is 1. The van der Waals surface area contributed by atoms with Crippen LogP contribution in [-0.2, 0) is 4.79 Å². The molecule has 0 saturated heterocycles. The molecule has 80 valence electrons. The van der Waals surface area contributed by atoms with Crippen molar-refractivity contribution in [3.63, 3.8) is 0 Å². The number of benzene rings is 1. The van der Waals surface area contributed by atoms with E-state index in [1.54, 1.807) is 23.1 Å². The summed E-state index contributed by atoms with van der Waals surface area (Å²) in [5.74, 6) is -0.672. The molecule has 1 heterocycles. The molecule has 0 atom stereocenters. The maximum atomic E-state index is 10.6. The van der Waals surface area contributed by atoms with Gasteiger partial charge in [-0.2, -0.15) is 0 Å². The summed E-state index contributed by atoms with van der Waals surface area (Å²) in [4.78, 5) is 12.4. The van der Waals surface area contributed by atoms with Gasteiger partial charge in [0.05, 0.1) is 11.4 Å². The summed E-state index contributed by atoms with van der Waals surface area (Å²) < 4.78 is 0. The first-order chi connectivity index (χ1) is 7.16. The zero-order valence-electron chi connectivity index (χ0n) is 8.10. The van der Waals surface area contributed by atoms with Gasteiger partial charge in [0.1, 0.15) is 12.3 Å². The summed E-state index contributed by atoms with van der Waals surface area (Å²) >= 11 is 0. The van der Waals surface area contributed by atoms with Crippen molar-refractivity contribution < 1.29 is 15.0 Å². The Morgan fingerprint density at radius 3 is 3.07 bits per heavy atom. The van der Waals surface area contributed by atoms with Crippen LogP contribution in [0.2, 0.25) is 0 Å². The average Bonchev–Trinajstić information content (AvgIpc) is 2.16. The predicted molar refractivity (Wildman–Crippen MR) is 56.4 cm³/mol. The number of aromatic hydroxyl groups is 1. The molecule has 1 aromatic carbocycles. The second kappa shape index (κ2) is 3.68. The fraction of sp³-hybridized carbons (Fsp3) is 0.300. The third-order valence-corrected chi connectivity index (χ3v) is 2.34. The molecule has 1 aliphatic rings. The van der Waals surface area contributed by atoms with Crippen LogP contribution < -0.4 is 10.2 Å². The summed E-state index contributed by atoms with van der Waals surface area (Å²) in [7, 11) is 0. The fourth-order valence-corrected chi connectivity index (χ4v) is 1.71. The molecule has 0 unspecified atom stereocenters. The zero-order chi connectivity index (χ0) is 10.8. The highest BCUT2D eigenvalue weighted by Crippen LogP contribution is 2.31. The van der Waals surface area contributed by atoms with Crippen LogP contribution in [0.1, 0.15) is 0 Å². The Balaban J connectivity index is 2.30. The number of hydrogen-bond donors (Lipinski definition) is 3. The molecule has 0 aliphatic carbocycles. The molecule has 2 rings (SSSR count). The van der Waals surface area contributed by atoms with Gasteiger partial charge in [0.15, 0.2) is 0 Å². The van der Waals surface area contributed by atoms with E-state index in [0.717, 1.165) is 11.4 Å². The summed E-state index contributed by atoms with van der Waals surface area (Å²) in [6, 6.07) is 4.88. The van der Waals surface area contributed by atoms with Crippen LogP contribution in [-0.4, -0.2) is 35.8 Å². The number of fused-ring (bicyclic) bond motifs is 1. The van der Waals surface area contributed by atoms with Crippen LogP contribution in [0.25, 0.3) is 0 Å². The van der Waals surface area contributed by atoms with E-state index in [-0.39, 0.29) is 12.3 Å². The van der Waals surface area contributed by atoms with Crippen molar-refractivity contribution >= 4 is 17.3 Å². The minimum atomic E-state index is -0.851. The van der Waals surface area contributed by atoms with E-state index in [0.29, 0.717) is 13.1 Å². The Labute approximate surface area is 86.9 Å². The van der Waals surface area contributed by atoms with Gasteiger partial charge < -0.3 is 20.4 Å². The number of aliphatic carboxylic acids is 1. The number of anilines is 2. The first-order valence-electron chi connectivity index (χ1n) is 4.70. The molecule has 0 bridgehead atoms. The van der Waals surface area contributed by atoms with Crippen LogP contribution in [0.3, 0.4) is 0 Å². The van der Waals surface area contributed by atoms with Gasteiger partial charge in [0.2, 0.25) is 0 Å². The van der Waals surface area contributed by atoms with E-state index >= 15 is 0 Å². The summed E-state index contributed by atoms with van der Waals surface area (Å²) in [5, 5.41) is 21.1. The second-order valence-corrected chi connectivity index (χ2v) is 3.44. The first kappa shape index (κ1) is 9.64. The molecule has 0 aromatic heterocycles. The molecule has 0 amide bonds. The van der Waals surface area contributed by atoms with Gasteiger partial charge in [0.25, 0.3) is 0 Å². The van der Waals surface area contributed by atoms with Gasteiger partial charge >= 0.3 is 5.97 Å². The highest BCUT2D eigenvalue weighted by molar-refractivity contribution is 5.80. The molecule has 3 N–H and O–H groups in total. The van der Waals surface area contributed by atoms with Crippen LogP contribution in [0.5, 0.6) is 5.75 Å². The lowest BCUT2D eigenvalue weighted by Crippen LogP contribution is -2.37. The molecular formula is C10H12N2O3. The quantitative estimate of drug-likeness (QED) is 0.667. The van der Waals surface area contributed by atoms with Gasteiger partial charge in [0, 0.05) is 19.2 Å². The highest BCUT2D eigenvalue weighted by atomic mass is 16.4. The van der Waals surface area contributed by atoms with Crippen LogP contribution >= 0.6 is 0 Å². The lowest BCUT2D eigenvalue weighted by atomic mass is 10.2. The third-order valence-electron chi connectivity index (χ3n) is 2.34. The topological polar surface area (TPSA) is 72.8 Å². The van der Waals surface area contributed by atoms with Crippen molar-refractivity contribution in [2.45, 2.75) is 0 Å². The minimum absolute atomic E-state index is 0.0144. The maximum Gasteiger partial charge on any atom is 0.323 e. The molecule has 0 saturated carbocycles. The Kier molecular flexibility index (Phi) is 2.37. The van der Waals surface area contributed by atoms with Gasteiger partial charge in [-0.15, -0.1) is 0 Å². The molecule has 5 nitrogen and oxygen atoms in total. The minimum Gasteiger partial charge on any atom is -0.508 e. The van der Waals surface area contributed by atoms with Crippen LogP contribution in [0.4, 0.5) is 11.4 Å². The number of carboxylic acid groups (broad SMARTS) is 1. The van der Waals surface area contributed by atoms with Crippen LogP contribution in [0.15, 0.2) is 18.2 Å². The molecule has 0 fully saturated rings. The standard InChI is InChI=1S/C10H12N2O3/c13-7-1-2-9-8(5-7)11-3-4-12(9)6-10(14)15/h1-2,5,11,13H,3-4,6H2,(H,14,15). The van der Waals surface area contributed by atoms with Crippen molar-refractivity contribution in [1.82, 2.24) is 0 Å². The lowest BCUT2D eigenvalue weighted by Gasteiger charge is -2.30. The molecular weight excluding hydrogens is 196 g/mol. The molecule has 0 radical (unpaired) electrons. The monoisotopic (exact) mass is 208 g/mol. The lowest BCUT2D eigenvalue weighted by molar-refractivity contribution is -0.135. The van der Waals surface area contributed by atoms with E-state index in [1.165, 1.54) is 0 Å². The molecule has 1 aromatic rings. The van der Waals surface area contributed by atoms with Gasteiger partial charge in [-0.05, 0) is 12.1 Å². The molecule has 0 spiro atoms. The van der Waals surface area contributed by atoms with Gasteiger partial charge in [-0.1, -0.05) is 0 Å². The van der Waals surface area contributed by atoms with E-state index in [9.17, 15) is 9.90 Å². The summed E-state index contributed by atoms with van der Waals surface area (Å²) in [5.41, 5.74) is 1.60. The number of phenols is 1. The number of rotatable bonds is 2. The van der Waals surface area contributed by atoms with Gasteiger partial charge in [-0.3, -0.25) is 4.79 Å². The smallest absolute Gasteiger partial charge is 0.323 e. The second-order valence-electron chi connectivity index (χ2n) is 3.44. The zero-order valence-corrected chi connectivity index (χ0v) is 8.10. The third kappa shape index (κ3) is 1.96. The number of nitrogens with zero attached hydrogens (tertiary/aromatic N) is 1. The average molecular weight is 208 g/mol. The van der Waals surface area contributed by atoms with E-state index in [4.69, 9.17) is 5.11 Å². The number of hydrogen-bond acceptors (Lipinski definition) is 4. The van der Waals surface area contributed by atoms with Crippen molar-refractivity contribution in [1.29, 1.82) is 0 Å². The fourth-order valence-electron chi connectivity index (χ4n) is 1.71. The van der Waals surface area contributed by atoms with Gasteiger partial charge in [-0.25, -0.2) is 0 Å². The van der Waals surface area contributed by atoms with Crippen molar-refractivity contribution in [2.75, 3.05) is 29.9 Å². The number of phenolic OH excluding ortho intramolecular Hbond substituents is 1. The van der Waals surface area contributed by atoms with Crippen molar-refractivity contribution in [2.24, 2.45) is 0 Å². The van der Waals surface area contributed by atoms with Crippen molar-refractivity contribution in [3.8, 4) is 5.75 Å². The number of carbonyl (C=O) groups is 1. The SMILES string of the molecule is O=C(O)CN1CCNc2cc(O)ccc21. The Morgan fingerprint density at radius 1 is 1.53 bits per heavy atom. The molecule has 5 heteroatoms. The molecule has 1 aliphatic heterocycles. The Bertz CT molecular complexity index is 392. The summed E-state index contributed by atoms with van der Waals surface area (Å²) in [6.07, 6.45) is 0. The van der Waals surface area contributed by atoms with E-state index in [2.05, 4.69) is 5.32 Å². The highest BCUT2D eigenvalue weighted by Gasteiger charge is 2.18. The summed E-state index contributed by atoms with van der Waals surface area (Å²) in [6.45, 7) is 1.33. The van der Waals surface area contributed by atoms with E-state index in [1.807, 2.05) is 0 Å². The molecule has 15 heavy (non-hydrogen) atoms. The predicted octanol–water partition coefficient (Wildman–Crippen LogP) is 0.709. The first-order valence-corrected chi connectivity index (χ1v) is 4.70. The van der Waals surface area contributed by atoms with Crippen LogP contribution in [0, 0.1) is 0 Å². The number of nitrogens with one attached hydrogen (secondary N) is 1. The Morgan fingerprint density at radius 2 is 2.33 bits per heavy atom. The normalized spacial score (nSPS) is 14.3. The van der Waals surface area contributed by atoms with E-state index < -0.39 is 5.97 Å². The largest absolute Gasteiger partial charge is 0.508 e. The Hall–Kier alpha value is -1.91.